The highest BCUT2D eigenvalue weighted by atomic mass is 79.9. The van der Waals surface area contributed by atoms with Gasteiger partial charge in [0.15, 0.2) is 0 Å². The molecule has 24 aromatic carbocycles. The number of para-hydroxylation sites is 1. The summed E-state index contributed by atoms with van der Waals surface area (Å²) in [5.74, 6) is 0. The van der Waals surface area contributed by atoms with Crippen LogP contribution >= 0.6 is 15.9 Å². The number of benzene rings is 24. The second-order valence-electron chi connectivity index (χ2n) is 35.6. The first-order chi connectivity index (χ1) is 65.9. The largest absolute Gasteiger partial charge is 0.355 e. The molecule has 3 heteroatoms. The lowest BCUT2D eigenvalue weighted by atomic mass is 9.70. The Morgan fingerprint density at radius 3 is 0.947 bits per heavy atom. The molecule has 24 aromatic rings. The third kappa shape index (κ3) is 12.2. The second kappa shape index (κ2) is 31.4. The first-order valence-corrected chi connectivity index (χ1v) is 46.8. The van der Waals surface area contributed by atoms with E-state index in [0.717, 1.165) is 32.9 Å². The monoisotopic (exact) mass is 1750 g/mol. The Morgan fingerprint density at radius 2 is 0.496 bits per heavy atom. The summed E-state index contributed by atoms with van der Waals surface area (Å²) >= 11 is 3.53. The van der Waals surface area contributed by atoms with Gasteiger partial charge in [0.05, 0.1) is 22.2 Å². The van der Waals surface area contributed by atoms with Crippen molar-refractivity contribution in [2.24, 2.45) is 0 Å². The highest BCUT2D eigenvalue weighted by Crippen LogP contribution is 2.67. The smallest absolute Gasteiger partial charge is 0.0726 e. The van der Waals surface area contributed by atoms with Crippen LogP contribution in [0.4, 0.5) is 28.4 Å². The standard InChI is InChI=1S/C65H41N.C53H33N.C12H9Br/c1-2-19-43(20-3-1)47-22-13-17-33-63(47)66(46-36-37-52-50-25-7-6-23-48(50)49-24-8-9-26-51(49)57(52)39-46)64-41-62-58(40-56(64)45-35-34-42-18-4-5-21-44(42)38-45)55-29-12-16-32-61(55)65(62)59-30-14-10-27-53(59)54-28-11-15-31-60(54)65;1-2-14-34-29-35(26-25-33(34)13-1)45-31-47-44-21-9-12-24-50(44)53(48-22-10-7-19-42(48)43-20-8-11-23-49(43)53)51(47)32-52(45)54-36-27-28-41-39-17-4-3-15-37(39)38-16-5-6-18-40(38)46(41)30-36;13-12-9-5-4-8-11(12)10-6-2-1-3-7-10/h1-41H;1-32,54H;1-9H. The fourth-order valence-electron chi connectivity index (χ4n) is 23.2. The van der Waals surface area contributed by atoms with Gasteiger partial charge in [-0.1, -0.05) is 441 Å². The Bertz CT molecular complexity index is 8750. The van der Waals surface area contributed by atoms with E-state index in [2.05, 4.69) is 505 Å². The lowest BCUT2D eigenvalue weighted by Gasteiger charge is -2.34. The maximum atomic E-state index is 4.03. The predicted molar refractivity (Wildman–Crippen MR) is 566 cm³/mol. The Labute approximate surface area is 781 Å². The molecule has 620 valence electrons. The lowest BCUT2D eigenvalue weighted by Crippen LogP contribution is -2.26. The van der Waals surface area contributed by atoms with Gasteiger partial charge in [0.2, 0.25) is 0 Å². The van der Waals surface area contributed by atoms with Crippen LogP contribution in [0.1, 0.15) is 44.5 Å². The SMILES string of the molecule is Brc1ccccc1-c1ccccc1.c1ccc(-c2ccccc2N(c2ccc3c4ccccc4c4ccccc4c3c2)c2cc3c(cc2-c2ccc4ccccc4c2)-c2ccccc2C32c3ccccc3-c3ccccc32)cc1.c1ccc2c(c1)-c1ccccc1C21c2ccccc2-c2cc(-c3ccc4ccccc4c3)c(Nc3ccc4c5ccccc5c5ccccc5c4c3)cc21. The van der Waals surface area contributed by atoms with Crippen LogP contribution in [-0.4, -0.2) is 0 Å². The number of fused-ring (bicyclic) bond motifs is 34. The van der Waals surface area contributed by atoms with Gasteiger partial charge in [-0.25, -0.2) is 0 Å². The minimum atomic E-state index is -0.515. The number of nitrogens with one attached hydrogen (secondary N) is 1. The molecule has 0 saturated carbocycles. The molecule has 28 rings (SSSR count). The number of halogens is 1. The molecule has 0 atom stereocenters. The normalized spacial score (nSPS) is 12.8. The summed E-state index contributed by atoms with van der Waals surface area (Å²) in [7, 11) is 0. The van der Waals surface area contributed by atoms with E-state index >= 15 is 0 Å². The molecule has 2 spiro atoms. The van der Waals surface area contributed by atoms with Gasteiger partial charge < -0.3 is 10.2 Å². The minimum absolute atomic E-state index is 0.421. The van der Waals surface area contributed by atoms with E-state index in [9.17, 15) is 0 Å². The van der Waals surface area contributed by atoms with Crippen molar-refractivity contribution in [3.63, 3.8) is 0 Å². The van der Waals surface area contributed by atoms with E-state index in [1.165, 1.54) is 220 Å². The molecule has 0 aromatic heterocycles. The van der Waals surface area contributed by atoms with Gasteiger partial charge in [-0.15, -0.1) is 0 Å². The lowest BCUT2D eigenvalue weighted by molar-refractivity contribution is 0.794. The summed E-state index contributed by atoms with van der Waals surface area (Å²) in [6.45, 7) is 0. The Balaban J connectivity index is 0.000000124. The molecule has 4 aliphatic carbocycles. The van der Waals surface area contributed by atoms with E-state index in [0.29, 0.717) is 0 Å². The summed E-state index contributed by atoms with van der Waals surface area (Å²) in [5.41, 5.74) is 35.2. The molecule has 0 fully saturated rings. The van der Waals surface area contributed by atoms with Crippen molar-refractivity contribution < 1.29 is 0 Å². The predicted octanol–water partition coefficient (Wildman–Crippen LogP) is 35.6. The van der Waals surface area contributed by atoms with Crippen molar-refractivity contribution in [3.8, 4) is 89.0 Å². The summed E-state index contributed by atoms with van der Waals surface area (Å²) < 4.78 is 1.14. The topological polar surface area (TPSA) is 15.3 Å². The second-order valence-corrected chi connectivity index (χ2v) is 36.5. The zero-order valence-electron chi connectivity index (χ0n) is 72.7. The van der Waals surface area contributed by atoms with Crippen LogP contribution < -0.4 is 10.2 Å². The van der Waals surface area contributed by atoms with Crippen molar-refractivity contribution in [1.82, 2.24) is 0 Å². The third-order valence-electron chi connectivity index (χ3n) is 28.8. The fourth-order valence-corrected chi connectivity index (χ4v) is 23.7. The number of anilines is 5. The van der Waals surface area contributed by atoms with Gasteiger partial charge in [0.25, 0.3) is 0 Å². The van der Waals surface area contributed by atoms with Crippen molar-refractivity contribution in [3.05, 3.63) is 546 Å². The first-order valence-electron chi connectivity index (χ1n) is 46.0. The minimum Gasteiger partial charge on any atom is -0.355 e. The van der Waals surface area contributed by atoms with E-state index in [4.69, 9.17) is 0 Å². The van der Waals surface area contributed by atoms with Crippen LogP contribution in [0.25, 0.3) is 175 Å². The Morgan fingerprint density at radius 1 is 0.173 bits per heavy atom. The highest BCUT2D eigenvalue weighted by Gasteiger charge is 2.54. The van der Waals surface area contributed by atoms with Gasteiger partial charge >= 0.3 is 0 Å². The molecule has 0 amide bonds. The molecular weight excluding hydrogens is 1670 g/mol. The fraction of sp³-hybridized carbons (Fsp3) is 0.0154. The number of rotatable bonds is 9. The van der Waals surface area contributed by atoms with Gasteiger partial charge in [0.1, 0.15) is 0 Å². The van der Waals surface area contributed by atoms with Gasteiger partial charge in [-0.2, -0.15) is 0 Å². The summed E-state index contributed by atoms with van der Waals surface area (Å²) in [5, 5.41) is 24.2. The molecule has 0 radical (unpaired) electrons. The molecule has 0 saturated heterocycles. The van der Waals surface area contributed by atoms with Crippen molar-refractivity contribution >= 4 is 131 Å². The summed E-state index contributed by atoms with van der Waals surface area (Å²) in [6, 6.07) is 184. The van der Waals surface area contributed by atoms with Crippen LogP contribution in [0.2, 0.25) is 0 Å². The highest BCUT2D eigenvalue weighted by molar-refractivity contribution is 9.10. The molecule has 4 aliphatic rings. The van der Waals surface area contributed by atoms with E-state index in [-0.39, 0.29) is 0 Å². The molecule has 0 aliphatic heterocycles. The van der Waals surface area contributed by atoms with Crippen LogP contribution in [-0.2, 0) is 10.8 Å². The number of hydrogen-bond donors (Lipinski definition) is 1. The quantitative estimate of drug-likeness (QED) is 0.145. The van der Waals surface area contributed by atoms with Crippen LogP contribution in [0, 0.1) is 0 Å². The number of hydrogen-bond acceptors (Lipinski definition) is 2. The van der Waals surface area contributed by atoms with Crippen molar-refractivity contribution in [2.75, 3.05) is 10.2 Å². The van der Waals surface area contributed by atoms with Gasteiger partial charge in [0, 0.05) is 38.2 Å². The summed E-state index contributed by atoms with van der Waals surface area (Å²) in [6.07, 6.45) is 0. The van der Waals surface area contributed by atoms with E-state index in [1.54, 1.807) is 0 Å². The molecule has 0 unspecified atom stereocenters. The van der Waals surface area contributed by atoms with Crippen LogP contribution in [0.3, 0.4) is 0 Å². The molecular formula is C130H83BrN2. The molecule has 0 heterocycles. The molecule has 0 bridgehead atoms. The van der Waals surface area contributed by atoms with E-state index in [1.807, 2.05) is 18.2 Å². The zero-order valence-corrected chi connectivity index (χ0v) is 74.3. The average molecular weight is 1750 g/mol. The maximum absolute atomic E-state index is 4.03. The number of nitrogens with zero attached hydrogens (tertiary/aromatic N) is 1. The van der Waals surface area contributed by atoms with Gasteiger partial charge in [-0.3, -0.25) is 0 Å². The third-order valence-corrected chi connectivity index (χ3v) is 29.5. The van der Waals surface area contributed by atoms with Crippen molar-refractivity contribution in [2.45, 2.75) is 10.8 Å². The molecule has 1 N–H and O–H groups in total. The molecule has 133 heavy (non-hydrogen) atoms. The van der Waals surface area contributed by atoms with Crippen molar-refractivity contribution in [1.29, 1.82) is 0 Å². The van der Waals surface area contributed by atoms with Crippen LogP contribution in [0.15, 0.2) is 502 Å². The Kier molecular flexibility index (Phi) is 18.3. The summed E-state index contributed by atoms with van der Waals surface area (Å²) in [4.78, 5) is 2.57. The zero-order chi connectivity index (χ0) is 87.8. The van der Waals surface area contributed by atoms with Gasteiger partial charge in [-0.05, 0) is 276 Å². The Hall–Kier alpha value is -16.6. The first kappa shape index (κ1) is 77.6. The maximum Gasteiger partial charge on any atom is 0.0726 e. The average Bonchev–Trinajstić information content (AvgIpc) is 1.52. The van der Waals surface area contributed by atoms with Crippen LogP contribution in [0.5, 0.6) is 0 Å². The van der Waals surface area contributed by atoms with E-state index < -0.39 is 10.8 Å². The molecule has 2 nitrogen and oxygen atoms in total.